The molecule has 1 aromatic carbocycles. The van der Waals surface area contributed by atoms with E-state index in [2.05, 4.69) is 16.3 Å². The summed E-state index contributed by atoms with van der Waals surface area (Å²) in [5.74, 6) is 0.223. The van der Waals surface area contributed by atoms with Crippen LogP contribution in [0.3, 0.4) is 0 Å². The van der Waals surface area contributed by atoms with Gasteiger partial charge in [-0.15, -0.1) is 10.2 Å². The lowest BCUT2D eigenvalue weighted by molar-refractivity contribution is 0.0988. The number of hydrogen-bond donors (Lipinski definition) is 0. The summed E-state index contributed by atoms with van der Waals surface area (Å²) >= 11 is 1.52. The van der Waals surface area contributed by atoms with E-state index in [0.717, 1.165) is 30.0 Å². The summed E-state index contributed by atoms with van der Waals surface area (Å²) in [5.41, 5.74) is 2.05. The van der Waals surface area contributed by atoms with Gasteiger partial charge in [0.15, 0.2) is 10.9 Å². The van der Waals surface area contributed by atoms with Crippen molar-refractivity contribution in [2.45, 2.75) is 29.7 Å². The van der Waals surface area contributed by atoms with Crippen LogP contribution in [0.25, 0.3) is 0 Å². The first-order valence-corrected chi connectivity index (χ1v) is 7.26. The first kappa shape index (κ1) is 12.4. The van der Waals surface area contributed by atoms with Crippen molar-refractivity contribution in [3.63, 3.8) is 0 Å². The van der Waals surface area contributed by atoms with E-state index in [0.29, 0.717) is 0 Å². The van der Waals surface area contributed by atoms with Gasteiger partial charge < -0.3 is 4.57 Å². The van der Waals surface area contributed by atoms with Gasteiger partial charge in [-0.3, -0.25) is 4.79 Å². The van der Waals surface area contributed by atoms with Gasteiger partial charge in [0.05, 0.1) is 5.25 Å². The van der Waals surface area contributed by atoms with E-state index in [1.54, 1.807) is 6.33 Å². The summed E-state index contributed by atoms with van der Waals surface area (Å²) in [4.78, 5) is 12.6. The second-order valence-corrected chi connectivity index (χ2v) is 5.91. The van der Waals surface area contributed by atoms with Gasteiger partial charge in [0, 0.05) is 12.6 Å². The first-order valence-electron chi connectivity index (χ1n) is 6.38. The predicted octanol–water partition coefficient (Wildman–Crippen LogP) is 2.50. The fraction of sp³-hybridized carbons (Fsp3) is 0.357. The highest BCUT2D eigenvalue weighted by molar-refractivity contribution is 8.00. The van der Waals surface area contributed by atoms with Crippen LogP contribution in [0, 0.1) is 0 Å². The fourth-order valence-electron chi connectivity index (χ4n) is 2.38. The van der Waals surface area contributed by atoms with Crippen LogP contribution >= 0.6 is 11.8 Å². The third-order valence-electron chi connectivity index (χ3n) is 3.41. The maximum atomic E-state index is 12.6. The summed E-state index contributed by atoms with van der Waals surface area (Å²) < 4.78 is 1.86. The van der Waals surface area contributed by atoms with E-state index in [1.165, 1.54) is 17.3 Å². The molecule has 4 nitrogen and oxygen atoms in total. The Morgan fingerprint density at radius 2 is 2.21 bits per heavy atom. The molecule has 0 saturated carbocycles. The second kappa shape index (κ2) is 5.17. The largest absolute Gasteiger partial charge is 0.312 e. The number of aryl methyl sites for hydroxylation is 2. The number of carbonyl (C=O) groups excluding carboxylic acids is 1. The average molecular weight is 273 g/mol. The zero-order chi connectivity index (χ0) is 13.2. The van der Waals surface area contributed by atoms with Crippen LogP contribution in [-0.2, 0) is 13.5 Å². The highest BCUT2D eigenvalue weighted by Gasteiger charge is 2.27. The minimum absolute atomic E-state index is 0.0495. The van der Waals surface area contributed by atoms with E-state index < -0.39 is 0 Å². The standard InChI is InChI=1S/C14H15N3OS/c1-17-9-15-16-14(17)19-12-8-4-6-10-5-2-3-7-11(10)13(12)18/h2-3,5,7,9,12H,4,6,8H2,1H3/t12-/m1/s1. The van der Waals surface area contributed by atoms with Crippen LogP contribution in [0.5, 0.6) is 0 Å². The number of benzene rings is 1. The van der Waals surface area contributed by atoms with Gasteiger partial charge in [0.1, 0.15) is 6.33 Å². The molecule has 1 aliphatic carbocycles. The van der Waals surface area contributed by atoms with Gasteiger partial charge in [-0.05, 0) is 24.8 Å². The number of hydrogen-bond acceptors (Lipinski definition) is 4. The highest BCUT2D eigenvalue weighted by Crippen LogP contribution is 2.31. The Kier molecular flexibility index (Phi) is 3.38. The van der Waals surface area contributed by atoms with E-state index in [1.807, 2.05) is 29.8 Å². The molecule has 2 aromatic rings. The van der Waals surface area contributed by atoms with Crippen LogP contribution in [0.2, 0.25) is 0 Å². The van der Waals surface area contributed by atoms with E-state index in [9.17, 15) is 4.79 Å². The Balaban J connectivity index is 1.88. The van der Waals surface area contributed by atoms with Gasteiger partial charge in [-0.25, -0.2) is 0 Å². The Bertz CT molecular complexity index is 608. The van der Waals surface area contributed by atoms with Crippen molar-refractivity contribution >= 4 is 17.5 Å². The quantitative estimate of drug-likeness (QED) is 0.789. The van der Waals surface area contributed by atoms with Crippen LogP contribution in [-0.4, -0.2) is 25.8 Å². The number of carbonyl (C=O) groups is 1. The molecule has 0 radical (unpaired) electrons. The lowest BCUT2D eigenvalue weighted by atomic mass is 10.0. The molecule has 0 bridgehead atoms. The molecule has 0 amide bonds. The molecule has 1 aromatic heterocycles. The Morgan fingerprint density at radius 1 is 1.37 bits per heavy atom. The van der Waals surface area contributed by atoms with Crippen molar-refractivity contribution in [1.29, 1.82) is 0 Å². The minimum atomic E-state index is -0.0495. The van der Waals surface area contributed by atoms with Crippen molar-refractivity contribution in [1.82, 2.24) is 14.8 Å². The Morgan fingerprint density at radius 3 is 3.00 bits per heavy atom. The van der Waals surface area contributed by atoms with Gasteiger partial charge in [0.2, 0.25) is 0 Å². The molecule has 0 N–H and O–H groups in total. The van der Waals surface area contributed by atoms with Gasteiger partial charge in [0.25, 0.3) is 0 Å². The summed E-state index contributed by atoms with van der Waals surface area (Å²) in [6.07, 6.45) is 4.58. The molecule has 0 spiro atoms. The maximum Gasteiger partial charge on any atom is 0.191 e. The summed E-state index contributed by atoms with van der Waals surface area (Å²) in [5, 5.41) is 8.67. The van der Waals surface area contributed by atoms with Crippen molar-refractivity contribution in [3.8, 4) is 0 Å². The molecule has 0 saturated heterocycles. The lowest BCUT2D eigenvalue weighted by Crippen LogP contribution is -2.17. The van der Waals surface area contributed by atoms with Crippen molar-refractivity contribution in [3.05, 3.63) is 41.7 Å². The second-order valence-electron chi connectivity index (χ2n) is 4.74. The van der Waals surface area contributed by atoms with Crippen molar-refractivity contribution in [2.75, 3.05) is 0 Å². The summed E-state index contributed by atoms with van der Waals surface area (Å²) in [6.45, 7) is 0. The number of aromatic nitrogens is 3. The molecule has 3 rings (SSSR count). The zero-order valence-electron chi connectivity index (χ0n) is 10.7. The molecule has 0 unspecified atom stereocenters. The monoisotopic (exact) mass is 273 g/mol. The van der Waals surface area contributed by atoms with Gasteiger partial charge in [-0.1, -0.05) is 36.0 Å². The van der Waals surface area contributed by atoms with Crippen LogP contribution in [0.15, 0.2) is 35.7 Å². The summed E-state index contributed by atoms with van der Waals surface area (Å²) in [7, 11) is 1.90. The molecule has 19 heavy (non-hydrogen) atoms. The number of ketones is 1. The Labute approximate surface area is 116 Å². The van der Waals surface area contributed by atoms with Gasteiger partial charge >= 0.3 is 0 Å². The minimum Gasteiger partial charge on any atom is -0.312 e. The van der Waals surface area contributed by atoms with E-state index in [4.69, 9.17) is 0 Å². The molecule has 1 heterocycles. The third kappa shape index (κ3) is 2.42. The molecule has 0 aliphatic heterocycles. The topological polar surface area (TPSA) is 47.8 Å². The number of nitrogens with zero attached hydrogens (tertiary/aromatic N) is 3. The first-order chi connectivity index (χ1) is 9.25. The fourth-order valence-corrected chi connectivity index (χ4v) is 3.46. The number of fused-ring (bicyclic) bond motifs is 1. The SMILES string of the molecule is Cn1cnnc1S[C@@H]1CCCc2ccccc2C1=O. The van der Waals surface area contributed by atoms with Crippen LogP contribution in [0.4, 0.5) is 0 Å². The normalized spacial score (nSPS) is 19.0. The molecule has 5 heteroatoms. The molecular formula is C14H15N3OS. The smallest absolute Gasteiger partial charge is 0.191 e. The predicted molar refractivity (Wildman–Crippen MR) is 74.4 cm³/mol. The number of rotatable bonds is 2. The van der Waals surface area contributed by atoms with Crippen molar-refractivity contribution < 1.29 is 4.79 Å². The molecule has 1 atom stereocenters. The van der Waals surface area contributed by atoms with Gasteiger partial charge in [-0.2, -0.15) is 0 Å². The molecule has 98 valence electrons. The van der Waals surface area contributed by atoms with E-state index in [-0.39, 0.29) is 11.0 Å². The van der Waals surface area contributed by atoms with Crippen molar-refractivity contribution in [2.24, 2.45) is 7.05 Å². The van der Waals surface area contributed by atoms with Crippen LogP contribution in [0.1, 0.15) is 28.8 Å². The van der Waals surface area contributed by atoms with Crippen LogP contribution < -0.4 is 0 Å². The lowest BCUT2D eigenvalue weighted by Gasteiger charge is -2.12. The molecule has 0 fully saturated rings. The summed E-state index contributed by atoms with van der Waals surface area (Å²) in [6, 6.07) is 7.93. The van der Waals surface area contributed by atoms with E-state index >= 15 is 0 Å². The molecular weight excluding hydrogens is 258 g/mol. The zero-order valence-corrected chi connectivity index (χ0v) is 11.6. The Hall–Kier alpha value is -1.62. The number of Topliss-reactive ketones (excluding diaryl/α,β-unsaturated/α-hetero) is 1. The molecule has 1 aliphatic rings. The highest BCUT2D eigenvalue weighted by atomic mass is 32.2. The maximum absolute atomic E-state index is 12.6. The average Bonchev–Trinajstić information content (AvgIpc) is 2.75. The third-order valence-corrected chi connectivity index (χ3v) is 4.72. The number of thioether (sulfide) groups is 1.